The SMILES string of the molecule is CC(=O)c1sc(NC(=O)CSCc2ccc(C#N)cc2)nc1C. The highest BCUT2D eigenvalue weighted by Crippen LogP contribution is 2.23. The van der Waals surface area contributed by atoms with Gasteiger partial charge < -0.3 is 5.32 Å². The minimum Gasteiger partial charge on any atom is -0.301 e. The quantitative estimate of drug-likeness (QED) is 0.811. The van der Waals surface area contributed by atoms with E-state index >= 15 is 0 Å². The van der Waals surface area contributed by atoms with Gasteiger partial charge in [0.05, 0.1) is 28.0 Å². The van der Waals surface area contributed by atoms with Crippen LogP contribution in [-0.2, 0) is 10.5 Å². The monoisotopic (exact) mass is 345 g/mol. The number of nitrogens with zero attached hydrogens (tertiary/aromatic N) is 2. The molecule has 0 saturated heterocycles. The van der Waals surface area contributed by atoms with Gasteiger partial charge in [-0.05, 0) is 24.6 Å². The molecule has 23 heavy (non-hydrogen) atoms. The number of thioether (sulfide) groups is 1. The van der Waals surface area contributed by atoms with Crippen LogP contribution >= 0.6 is 23.1 Å². The van der Waals surface area contributed by atoms with Crippen LogP contribution < -0.4 is 5.32 Å². The molecule has 118 valence electrons. The molecule has 0 aliphatic carbocycles. The normalized spacial score (nSPS) is 10.1. The van der Waals surface area contributed by atoms with Gasteiger partial charge in [0.15, 0.2) is 10.9 Å². The average Bonchev–Trinajstić information content (AvgIpc) is 2.88. The molecule has 0 atom stereocenters. The molecule has 7 heteroatoms. The number of nitrogens with one attached hydrogen (secondary N) is 1. The number of aromatic nitrogens is 1. The van der Waals surface area contributed by atoms with Crippen molar-refractivity contribution in [1.82, 2.24) is 4.98 Å². The Kier molecular flexibility index (Phi) is 5.90. The lowest BCUT2D eigenvalue weighted by Gasteiger charge is -2.02. The number of benzene rings is 1. The number of carbonyl (C=O) groups is 2. The number of ketones is 1. The summed E-state index contributed by atoms with van der Waals surface area (Å²) in [5.41, 5.74) is 2.32. The topological polar surface area (TPSA) is 82.9 Å². The molecular formula is C16H15N3O2S2. The van der Waals surface area contributed by atoms with Gasteiger partial charge in [0.2, 0.25) is 5.91 Å². The van der Waals surface area contributed by atoms with Crippen LogP contribution in [0.4, 0.5) is 5.13 Å². The molecule has 0 bridgehead atoms. The summed E-state index contributed by atoms with van der Waals surface area (Å²) >= 11 is 2.68. The number of hydrogen-bond donors (Lipinski definition) is 1. The van der Waals surface area contributed by atoms with E-state index in [1.165, 1.54) is 30.0 Å². The summed E-state index contributed by atoms with van der Waals surface area (Å²) in [4.78, 5) is 28.0. The molecular weight excluding hydrogens is 330 g/mol. The van der Waals surface area contributed by atoms with Crippen LogP contribution in [0.3, 0.4) is 0 Å². The summed E-state index contributed by atoms with van der Waals surface area (Å²) < 4.78 is 0. The fraction of sp³-hybridized carbons (Fsp3) is 0.250. The van der Waals surface area contributed by atoms with E-state index in [1.54, 1.807) is 19.1 Å². The van der Waals surface area contributed by atoms with Crippen molar-refractivity contribution in [2.24, 2.45) is 0 Å². The Morgan fingerprint density at radius 1 is 1.35 bits per heavy atom. The Hall–Kier alpha value is -2.17. The van der Waals surface area contributed by atoms with Crippen LogP contribution in [0.1, 0.15) is 33.4 Å². The zero-order chi connectivity index (χ0) is 16.8. The number of amides is 1. The Morgan fingerprint density at radius 3 is 2.61 bits per heavy atom. The lowest BCUT2D eigenvalue weighted by Crippen LogP contribution is -2.13. The second-order valence-electron chi connectivity index (χ2n) is 4.84. The van der Waals surface area contributed by atoms with Crippen molar-refractivity contribution < 1.29 is 9.59 Å². The van der Waals surface area contributed by atoms with Crippen LogP contribution in [0, 0.1) is 18.3 Å². The van der Waals surface area contributed by atoms with E-state index in [9.17, 15) is 9.59 Å². The van der Waals surface area contributed by atoms with Crippen LogP contribution in [0.2, 0.25) is 0 Å². The van der Waals surface area contributed by atoms with Gasteiger partial charge in [0.25, 0.3) is 0 Å². The smallest absolute Gasteiger partial charge is 0.236 e. The minimum absolute atomic E-state index is 0.0457. The lowest BCUT2D eigenvalue weighted by atomic mass is 10.2. The first-order chi connectivity index (χ1) is 11.0. The predicted molar refractivity (Wildman–Crippen MR) is 92.8 cm³/mol. The number of aryl methyl sites for hydroxylation is 1. The number of rotatable bonds is 6. The molecule has 1 aromatic carbocycles. The molecule has 2 rings (SSSR count). The molecule has 0 radical (unpaired) electrons. The highest BCUT2D eigenvalue weighted by molar-refractivity contribution is 7.99. The minimum atomic E-state index is -0.146. The zero-order valence-corrected chi connectivity index (χ0v) is 14.4. The third-order valence-electron chi connectivity index (χ3n) is 2.95. The fourth-order valence-corrected chi connectivity index (χ4v) is 3.53. The van der Waals surface area contributed by atoms with Gasteiger partial charge in [-0.3, -0.25) is 9.59 Å². The summed E-state index contributed by atoms with van der Waals surface area (Å²) in [6.45, 7) is 3.24. The van der Waals surface area contributed by atoms with E-state index in [4.69, 9.17) is 5.26 Å². The van der Waals surface area contributed by atoms with Gasteiger partial charge >= 0.3 is 0 Å². The van der Waals surface area contributed by atoms with Crippen molar-refractivity contribution in [1.29, 1.82) is 5.26 Å². The molecule has 1 N–H and O–H groups in total. The van der Waals surface area contributed by atoms with E-state index < -0.39 is 0 Å². The van der Waals surface area contributed by atoms with E-state index in [1.807, 2.05) is 12.1 Å². The Balaban J connectivity index is 1.82. The van der Waals surface area contributed by atoms with Crippen molar-refractivity contribution in [2.75, 3.05) is 11.1 Å². The standard InChI is InChI=1S/C16H15N3O2S2/c1-10-15(11(2)20)23-16(18-10)19-14(21)9-22-8-13-5-3-12(7-17)4-6-13/h3-6H,8-9H2,1-2H3,(H,18,19,21). The van der Waals surface area contributed by atoms with E-state index in [-0.39, 0.29) is 11.7 Å². The Morgan fingerprint density at radius 2 is 2.04 bits per heavy atom. The van der Waals surface area contributed by atoms with Gasteiger partial charge in [-0.25, -0.2) is 4.98 Å². The van der Waals surface area contributed by atoms with Crippen LogP contribution in [0.25, 0.3) is 0 Å². The predicted octanol–water partition coefficient (Wildman–Crippen LogP) is 3.40. The number of anilines is 1. The first kappa shape index (κ1) is 17.2. The molecule has 1 heterocycles. The maximum atomic E-state index is 11.9. The third kappa shape index (κ3) is 4.91. The van der Waals surface area contributed by atoms with E-state index in [0.717, 1.165) is 5.56 Å². The summed E-state index contributed by atoms with van der Waals surface area (Å²) in [6.07, 6.45) is 0. The summed E-state index contributed by atoms with van der Waals surface area (Å²) in [5.74, 6) is 0.797. The fourth-order valence-electron chi connectivity index (χ4n) is 1.87. The number of hydrogen-bond acceptors (Lipinski definition) is 6. The maximum Gasteiger partial charge on any atom is 0.236 e. The van der Waals surface area contributed by atoms with E-state index in [0.29, 0.717) is 32.8 Å². The van der Waals surface area contributed by atoms with Crippen LogP contribution in [0.5, 0.6) is 0 Å². The Labute approximate surface area is 142 Å². The molecule has 0 aliphatic heterocycles. The number of thiazole rings is 1. The van der Waals surface area contributed by atoms with Gasteiger partial charge in [-0.15, -0.1) is 11.8 Å². The summed E-state index contributed by atoms with van der Waals surface area (Å²) in [6, 6.07) is 9.36. The molecule has 1 amide bonds. The summed E-state index contributed by atoms with van der Waals surface area (Å²) in [7, 11) is 0. The van der Waals surface area contributed by atoms with Crippen LogP contribution in [-0.4, -0.2) is 22.4 Å². The van der Waals surface area contributed by atoms with Crippen LogP contribution in [0.15, 0.2) is 24.3 Å². The molecule has 0 unspecified atom stereocenters. The van der Waals surface area contributed by atoms with Crippen molar-refractivity contribution in [2.45, 2.75) is 19.6 Å². The van der Waals surface area contributed by atoms with Crippen molar-refractivity contribution in [3.05, 3.63) is 46.0 Å². The van der Waals surface area contributed by atoms with E-state index in [2.05, 4.69) is 16.4 Å². The van der Waals surface area contributed by atoms with Gasteiger partial charge in [0, 0.05) is 12.7 Å². The first-order valence-corrected chi connectivity index (χ1v) is 8.81. The second kappa shape index (κ2) is 7.90. The van der Waals surface area contributed by atoms with Crippen molar-refractivity contribution >= 4 is 39.9 Å². The second-order valence-corrected chi connectivity index (χ2v) is 6.82. The third-order valence-corrected chi connectivity index (χ3v) is 5.13. The highest BCUT2D eigenvalue weighted by Gasteiger charge is 2.13. The average molecular weight is 345 g/mol. The molecule has 0 fully saturated rings. The van der Waals surface area contributed by atoms with Crippen molar-refractivity contribution in [3.8, 4) is 6.07 Å². The molecule has 2 aromatic rings. The van der Waals surface area contributed by atoms with Gasteiger partial charge in [-0.1, -0.05) is 23.5 Å². The lowest BCUT2D eigenvalue weighted by molar-refractivity contribution is -0.113. The van der Waals surface area contributed by atoms with Crippen molar-refractivity contribution in [3.63, 3.8) is 0 Å². The Bertz CT molecular complexity index is 761. The zero-order valence-electron chi connectivity index (χ0n) is 12.8. The molecule has 0 saturated carbocycles. The summed E-state index contributed by atoms with van der Waals surface area (Å²) in [5, 5.41) is 11.9. The van der Waals surface area contributed by atoms with Gasteiger partial charge in [0.1, 0.15) is 0 Å². The first-order valence-electron chi connectivity index (χ1n) is 6.84. The number of carbonyl (C=O) groups excluding carboxylic acids is 2. The number of Topliss-reactive ketones (excluding diaryl/α,β-unsaturated/α-hetero) is 1. The maximum absolute atomic E-state index is 11.9. The molecule has 5 nitrogen and oxygen atoms in total. The highest BCUT2D eigenvalue weighted by atomic mass is 32.2. The number of nitriles is 1. The van der Waals surface area contributed by atoms with Gasteiger partial charge in [-0.2, -0.15) is 5.26 Å². The molecule has 0 aliphatic rings. The largest absolute Gasteiger partial charge is 0.301 e. The molecule has 0 spiro atoms. The molecule has 1 aromatic heterocycles.